The fourth-order valence-electron chi connectivity index (χ4n) is 1.49. The SMILES string of the molecule is CC(Nc1nnc(SCC(=O)O)s1)c1cccc(Cl)c1. The normalized spacial score (nSPS) is 12.1. The van der Waals surface area contributed by atoms with Crippen LogP contribution in [0.15, 0.2) is 28.6 Å². The Kier molecular flexibility index (Phi) is 5.22. The third-order valence-corrected chi connectivity index (χ3v) is 4.62. The van der Waals surface area contributed by atoms with Crippen molar-refractivity contribution in [1.82, 2.24) is 10.2 Å². The van der Waals surface area contributed by atoms with E-state index in [1.807, 2.05) is 31.2 Å². The molecule has 1 aromatic heterocycles. The van der Waals surface area contributed by atoms with Crippen LogP contribution in [0.1, 0.15) is 18.5 Å². The number of carboxylic acid groups (broad SMARTS) is 1. The molecule has 1 aromatic carbocycles. The molecule has 20 heavy (non-hydrogen) atoms. The predicted octanol–water partition coefficient (Wildman–Crippen LogP) is 3.54. The molecule has 0 aliphatic rings. The number of thioether (sulfide) groups is 1. The minimum atomic E-state index is -0.869. The standard InChI is InChI=1S/C12H12ClN3O2S2/c1-7(8-3-2-4-9(13)5-8)14-11-15-16-12(20-11)19-6-10(17)18/h2-5,7H,6H2,1H3,(H,14,15)(H,17,18). The molecule has 0 radical (unpaired) electrons. The number of nitrogens with zero attached hydrogens (tertiary/aromatic N) is 2. The van der Waals surface area contributed by atoms with Gasteiger partial charge in [0.05, 0.1) is 11.8 Å². The number of carboxylic acids is 1. The Morgan fingerprint density at radius 3 is 3.05 bits per heavy atom. The first-order valence-electron chi connectivity index (χ1n) is 5.74. The summed E-state index contributed by atoms with van der Waals surface area (Å²) in [5.74, 6) is -0.884. The summed E-state index contributed by atoms with van der Waals surface area (Å²) < 4.78 is 0.633. The van der Waals surface area contributed by atoms with E-state index >= 15 is 0 Å². The van der Waals surface area contributed by atoms with Crippen LogP contribution in [0.4, 0.5) is 5.13 Å². The molecule has 0 bridgehead atoms. The van der Waals surface area contributed by atoms with Gasteiger partial charge in [0.15, 0.2) is 4.34 Å². The zero-order valence-electron chi connectivity index (χ0n) is 10.5. The zero-order chi connectivity index (χ0) is 14.5. The summed E-state index contributed by atoms with van der Waals surface area (Å²) in [6.07, 6.45) is 0. The van der Waals surface area contributed by atoms with Crippen LogP contribution in [-0.2, 0) is 4.79 Å². The molecule has 5 nitrogen and oxygen atoms in total. The predicted molar refractivity (Wildman–Crippen MR) is 81.8 cm³/mol. The van der Waals surface area contributed by atoms with Gasteiger partial charge in [0.2, 0.25) is 5.13 Å². The number of carbonyl (C=O) groups is 1. The molecule has 0 fully saturated rings. The van der Waals surface area contributed by atoms with Gasteiger partial charge in [-0.05, 0) is 24.6 Å². The molecular formula is C12H12ClN3O2S2. The van der Waals surface area contributed by atoms with Crippen LogP contribution in [0.25, 0.3) is 0 Å². The molecule has 2 N–H and O–H groups in total. The molecule has 0 aliphatic carbocycles. The van der Waals surface area contributed by atoms with E-state index in [9.17, 15) is 4.79 Å². The number of hydrogen-bond acceptors (Lipinski definition) is 6. The van der Waals surface area contributed by atoms with E-state index in [-0.39, 0.29) is 11.8 Å². The molecule has 8 heteroatoms. The highest BCUT2D eigenvalue weighted by atomic mass is 35.5. The second-order valence-electron chi connectivity index (χ2n) is 3.98. The van der Waals surface area contributed by atoms with Gasteiger partial charge in [-0.15, -0.1) is 10.2 Å². The van der Waals surface area contributed by atoms with Crippen molar-refractivity contribution in [2.24, 2.45) is 0 Å². The Morgan fingerprint density at radius 1 is 1.55 bits per heavy atom. The van der Waals surface area contributed by atoms with Gasteiger partial charge in [-0.25, -0.2) is 0 Å². The van der Waals surface area contributed by atoms with Gasteiger partial charge in [-0.3, -0.25) is 4.79 Å². The number of nitrogens with one attached hydrogen (secondary N) is 1. The minimum absolute atomic E-state index is 0.0154. The van der Waals surface area contributed by atoms with Crippen LogP contribution >= 0.6 is 34.7 Å². The van der Waals surface area contributed by atoms with Crippen LogP contribution < -0.4 is 5.32 Å². The molecule has 0 amide bonds. The van der Waals surface area contributed by atoms with Crippen LogP contribution in [0, 0.1) is 0 Å². The third-order valence-electron chi connectivity index (χ3n) is 2.41. The molecule has 2 aromatic rings. The van der Waals surface area contributed by atoms with E-state index in [4.69, 9.17) is 16.7 Å². The van der Waals surface area contributed by atoms with E-state index < -0.39 is 5.97 Å². The minimum Gasteiger partial charge on any atom is -0.481 e. The Bertz CT molecular complexity index is 606. The highest BCUT2D eigenvalue weighted by Crippen LogP contribution is 2.28. The summed E-state index contributed by atoms with van der Waals surface area (Å²) in [5.41, 5.74) is 1.05. The number of rotatable bonds is 6. The lowest BCUT2D eigenvalue weighted by atomic mass is 10.1. The molecule has 106 valence electrons. The third kappa shape index (κ3) is 4.36. The van der Waals surface area contributed by atoms with Crippen molar-refractivity contribution >= 4 is 45.8 Å². The van der Waals surface area contributed by atoms with E-state index in [2.05, 4.69) is 15.5 Å². The maximum absolute atomic E-state index is 10.5. The molecule has 0 saturated heterocycles. The molecule has 0 saturated carbocycles. The number of anilines is 1. The van der Waals surface area contributed by atoms with Gasteiger partial charge in [0.25, 0.3) is 0 Å². The Balaban J connectivity index is 1.97. The van der Waals surface area contributed by atoms with E-state index in [1.54, 1.807) is 0 Å². The quantitative estimate of drug-likeness (QED) is 0.789. The average Bonchev–Trinajstić information content (AvgIpc) is 2.84. The number of halogens is 1. The highest BCUT2D eigenvalue weighted by molar-refractivity contribution is 8.01. The van der Waals surface area contributed by atoms with Crippen molar-refractivity contribution in [3.05, 3.63) is 34.9 Å². The molecule has 1 atom stereocenters. The maximum Gasteiger partial charge on any atom is 0.313 e. The molecule has 0 aliphatic heterocycles. The molecule has 2 rings (SSSR count). The largest absolute Gasteiger partial charge is 0.481 e. The average molecular weight is 330 g/mol. The van der Waals surface area contributed by atoms with Crippen molar-refractivity contribution in [3.8, 4) is 0 Å². The summed E-state index contributed by atoms with van der Waals surface area (Å²) in [5, 5.41) is 21.1. The summed E-state index contributed by atoms with van der Waals surface area (Å²) in [4.78, 5) is 10.5. The Labute approximate surface area is 129 Å². The van der Waals surface area contributed by atoms with Crippen LogP contribution in [0.5, 0.6) is 0 Å². The summed E-state index contributed by atoms with van der Waals surface area (Å²) in [7, 11) is 0. The first kappa shape index (κ1) is 15.1. The molecular weight excluding hydrogens is 318 g/mol. The fraction of sp³-hybridized carbons (Fsp3) is 0.250. The lowest BCUT2D eigenvalue weighted by Crippen LogP contribution is -2.06. The molecule has 1 heterocycles. The molecule has 1 unspecified atom stereocenters. The summed E-state index contributed by atoms with van der Waals surface area (Å²) in [6.45, 7) is 2.00. The van der Waals surface area contributed by atoms with Crippen molar-refractivity contribution < 1.29 is 9.90 Å². The van der Waals surface area contributed by atoms with Gasteiger partial charge in [0, 0.05) is 5.02 Å². The topological polar surface area (TPSA) is 75.1 Å². The Morgan fingerprint density at radius 2 is 2.35 bits per heavy atom. The number of aromatic nitrogens is 2. The van der Waals surface area contributed by atoms with Crippen molar-refractivity contribution in [3.63, 3.8) is 0 Å². The van der Waals surface area contributed by atoms with Crippen LogP contribution in [0.3, 0.4) is 0 Å². The van der Waals surface area contributed by atoms with Gasteiger partial charge >= 0.3 is 5.97 Å². The fourth-order valence-corrected chi connectivity index (χ4v) is 3.25. The zero-order valence-corrected chi connectivity index (χ0v) is 12.9. The van der Waals surface area contributed by atoms with E-state index in [1.165, 1.54) is 11.3 Å². The van der Waals surface area contributed by atoms with Crippen LogP contribution in [-0.4, -0.2) is 27.0 Å². The van der Waals surface area contributed by atoms with Crippen molar-refractivity contribution in [2.45, 2.75) is 17.3 Å². The second-order valence-corrected chi connectivity index (χ2v) is 6.61. The lowest BCUT2D eigenvalue weighted by Gasteiger charge is -2.12. The number of hydrogen-bond donors (Lipinski definition) is 2. The number of benzene rings is 1. The monoisotopic (exact) mass is 329 g/mol. The van der Waals surface area contributed by atoms with Crippen LogP contribution in [0.2, 0.25) is 5.02 Å². The van der Waals surface area contributed by atoms with Crippen molar-refractivity contribution in [1.29, 1.82) is 0 Å². The first-order chi connectivity index (χ1) is 9.54. The highest BCUT2D eigenvalue weighted by Gasteiger charge is 2.11. The first-order valence-corrected chi connectivity index (χ1v) is 7.92. The van der Waals surface area contributed by atoms with E-state index in [0.29, 0.717) is 14.5 Å². The van der Waals surface area contributed by atoms with Crippen molar-refractivity contribution in [2.75, 3.05) is 11.1 Å². The van der Waals surface area contributed by atoms with Gasteiger partial charge in [-0.2, -0.15) is 0 Å². The van der Waals surface area contributed by atoms with E-state index in [0.717, 1.165) is 17.3 Å². The lowest BCUT2D eigenvalue weighted by molar-refractivity contribution is -0.133. The smallest absolute Gasteiger partial charge is 0.313 e. The number of aliphatic carboxylic acids is 1. The Hall–Kier alpha value is -1.31. The summed E-state index contributed by atoms with van der Waals surface area (Å²) in [6, 6.07) is 7.62. The van der Waals surface area contributed by atoms with Gasteiger partial charge in [-0.1, -0.05) is 46.8 Å². The summed E-state index contributed by atoms with van der Waals surface area (Å²) >= 11 is 8.45. The maximum atomic E-state index is 10.5. The van der Waals surface area contributed by atoms with Gasteiger partial charge in [0.1, 0.15) is 0 Å². The molecule has 0 spiro atoms. The second kappa shape index (κ2) is 6.92. The van der Waals surface area contributed by atoms with Gasteiger partial charge < -0.3 is 10.4 Å².